The lowest BCUT2D eigenvalue weighted by Gasteiger charge is -2.16. The standard InChI is InChI=1S/C19H25N3O/c1-21(2)18-11-9-17(10-12-18)20-19(23)13-14-22(3)15-16-7-5-4-6-8-16/h4-12H,13-15H2,1-3H3,(H,20,23). The zero-order valence-corrected chi connectivity index (χ0v) is 14.1. The normalized spacial score (nSPS) is 10.6. The summed E-state index contributed by atoms with van der Waals surface area (Å²) in [5.74, 6) is 0.0440. The van der Waals surface area contributed by atoms with E-state index >= 15 is 0 Å². The maximum atomic E-state index is 12.0. The minimum absolute atomic E-state index is 0.0440. The van der Waals surface area contributed by atoms with Crippen molar-refractivity contribution >= 4 is 17.3 Å². The van der Waals surface area contributed by atoms with Crippen LogP contribution in [-0.4, -0.2) is 38.5 Å². The summed E-state index contributed by atoms with van der Waals surface area (Å²) in [5, 5.41) is 2.94. The number of anilines is 2. The van der Waals surface area contributed by atoms with E-state index in [0.29, 0.717) is 6.42 Å². The Morgan fingerprint density at radius 3 is 2.22 bits per heavy atom. The van der Waals surface area contributed by atoms with Gasteiger partial charge in [0.05, 0.1) is 0 Å². The molecule has 0 aliphatic heterocycles. The topological polar surface area (TPSA) is 35.6 Å². The van der Waals surface area contributed by atoms with E-state index in [2.05, 4.69) is 22.3 Å². The first-order valence-electron chi connectivity index (χ1n) is 7.84. The van der Waals surface area contributed by atoms with E-state index in [1.54, 1.807) is 0 Å². The zero-order chi connectivity index (χ0) is 16.7. The smallest absolute Gasteiger partial charge is 0.225 e. The van der Waals surface area contributed by atoms with Crippen LogP contribution in [0.1, 0.15) is 12.0 Å². The average Bonchev–Trinajstić information content (AvgIpc) is 2.54. The van der Waals surface area contributed by atoms with Gasteiger partial charge in [-0.25, -0.2) is 0 Å². The zero-order valence-electron chi connectivity index (χ0n) is 14.1. The summed E-state index contributed by atoms with van der Waals surface area (Å²) in [6.45, 7) is 1.59. The first kappa shape index (κ1) is 17.0. The quantitative estimate of drug-likeness (QED) is 0.853. The Morgan fingerprint density at radius 1 is 0.957 bits per heavy atom. The molecule has 2 rings (SSSR count). The molecule has 0 heterocycles. The molecule has 0 bridgehead atoms. The molecule has 0 unspecified atom stereocenters. The number of amides is 1. The lowest BCUT2D eigenvalue weighted by Crippen LogP contribution is -2.24. The van der Waals surface area contributed by atoms with Gasteiger partial charge in [0.15, 0.2) is 0 Å². The molecule has 0 aliphatic rings. The average molecular weight is 311 g/mol. The molecule has 0 spiro atoms. The Labute approximate surface area is 138 Å². The number of nitrogens with one attached hydrogen (secondary N) is 1. The fourth-order valence-corrected chi connectivity index (χ4v) is 2.33. The number of carbonyl (C=O) groups excluding carboxylic acids is 1. The van der Waals surface area contributed by atoms with Crippen LogP contribution < -0.4 is 10.2 Å². The van der Waals surface area contributed by atoms with Crippen LogP contribution in [-0.2, 0) is 11.3 Å². The van der Waals surface area contributed by atoms with E-state index in [1.165, 1.54) is 5.56 Å². The van der Waals surface area contributed by atoms with Gasteiger partial charge in [-0.1, -0.05) is 30.3 Å². The van der Waals surface area contributed by atoms with Gasteiger partial charge in [-0.05, 0) is 36.9 Å². The highest BCUT2D eigenvalue weighted by molar-refractivity contribution is 5.91. The molecule has 23 heavy (non-hydrogen) atoms. The van der Waals surface area contributed by atoms with Crippen LogP contribution in [0.4, 0.5) is 11.4 Å². The third-order valence-corrected chi connectivity index (χ3v) is 3.68. The summed E-state index contributed by atoms with van der Waals surface area (Å²) in [5.41, 5.74) is 3.21. The molecule has 0 aromatic heterocycles. The van der Waals surface area contributed by atoms with Crippen molar-refractivity contribution < 1.29 is 4.79 Å². The molecule has 0 saturated heterocycles. The number of nitrogens with zero attached hydrogens (tertiary/aromatic N) is 2. The summed E-state index contributed by atoms with van der Waals surface area (Å²) in [7, 11) is 6.03. The lowest BCUT2D eigenvalue weighted by molar-refractivity contribution is -0.116. The third-order valence-electron chi connectivity index (χ3n) is 3.68. The van der Waals surface area contributed by atoms with Crippen molar-refractivity contribution in [3.05, 3.63) is 60.2 Å². The van der Waals surface area contributed by atoms with Gasteiger partial charge in [0, 0.05) is 45.0 Å². The number of hydrogen-bond donors (Lipinski definition) is 1. The highest BCUT2D eigenvalue weighted by Crippen LogP contribution is 2.15. The molecule has 2 aromatic rings. The van der Waals surface area contributed by atoms with Crippen LogP contribution in [0.15, 0.2) is 54.6 Å². The van der Waals surface area contributed by atoms with Crippen molar-refractivity contribution in [1.29, 1.82) is 0 Å². The summed E-state index contributed by atoms with van der Waals surface area (Å²) in [6, 6.07) is 18.1. The molecule has 4 nitrogen and oxygen atoms in total. The van der Waals surface area contributed by atoms with Gasteiger partial charge in [0.2, 0.25) is 5.91 Å². The molecule has 0 radical (unpaired) electrons. The second kappa shape index (κ2) is 8.34. The first-order chi connectivity index (χ1) is 11.0. The number of benzene rings is 2. The molecular formula is C19H25N3O. The molecule has 1 amide bonds. The maximum Gasteiger partial charge on any atom is 0.225 e. The van der Waals surface area contributed by atoms with Crippen LogP contribution in [0, 0.1) is 0 Å². The SMILES string of the molecule is CN(CCC(=O)Nc1ccc(N(C)C)cc1)Cc1ccccc1. The predicted octanol–water partition coefficient (Wildman–Crippen LogP) is 3.21. The van der Waals surface area contributed by atoms with Gasteiger partial charge in [-0.2, -0.15) is 0 Å². The maximum absolute atomic E-state index is 12.0. The fraction of sp³-hybridized carbons (Fsp3) is 0.316. The summed E-state index contributed by atoms with van der Waals surface area (Å²) in [6.07, 6.45) is 0.485. The molecule has 122 valence electrons. The molecule has 0 saturated carbocycles. The van der Waals surface area contributed by atoms with E-state index < -0.39 is 0 Å². The van der Waals surface area contributed by atoms with Crippen molar-refractivity contribution in [2.75, 3.05) is 37.9 Å². The molecular weight excluding hydrogens is 286 g/mol. The van der Waals surface area contributed by atoms with Crippen LogP contribution in [0.5, 0.6) is 0 Å². The Morgan fingerprint density at radius 2 is 1.61 bits per heavy atom. The minimum atomic E-state index is 0.0440. The van der Waals surface area contributed by atoms with E-state index in [4.69, 9.17) is 0 Å². The van der Waals surface area contributed by atoms with Crippen LogP contribution in [0.2, 0.25) is 0 Å². The second-order valence-electron chi connectivity index (χ2n) is 5.96. The minimum Gasteiger partial charge on any atom is -0.378 e. The summed E-state index contributed by atoms with van der Waals surface area (Å²) in [4.78, 5) is 16.2. The molecule has 1 N–H and O–H groups in total. The van der Waals surface area contributed by atoms with Gasteiger partial charge < -0.3 is 15.1 Å². The van der Waals surface area contributed by atoms with Gasteiger partial charge in [-0.15, -0.1) is 0 Å². The fourth-order valence-electron chi connectivity index (χ4n) is 2.33. The van der Waals surface area contributed by atoms with Crippen molar-refractivity contribution in [2.45, 2.75) is 13.0 Å². The molecule has 0 aliphatic carbocycles. The monoisotopic (exact) mass is 311 g/mol. The van der Waals surface area contributed by atoms with E-state index in [0.717, 1.165) is 24.5 Å². The predicted molar refractivity (Wildman–Crippen MR) is 96.8 cm³/mol. The Bertz CT molecular complexity index is 608. The molecule has 4 heteroatoms. The highest BCUT2D eigenvalue weighted by Gasteiger charge is 2.06. The number of rotatable bonds is 7. The summed E-state index contributed by atoms with van der Waals surface area (Å²) < 4.78 is 0. The molecule has 0 fully saturated rings. The van der Waals surface area contributed by atoms with Gasteiger partial charge >= 0.3 is 0 Å². The number of carbonyl (C=O) groups is 1. The highest BCUT2D eigenvalue weighted by atomic mass is 16.1. The van der Waals surface area contributed by atoms with Crippen molar-refractivity contribution in [3.63, 3.8) is 0 Å². The van der Waals surface area contributed by atoms with Gasteiger partial charge in [0.25, 0.3) is 0 Å². The first-order valence-corrected chi connectivity index (χ1v) is 7.84. The van der Waals surface area contributed by atoms with E-state index in [1.807, 2.05) is 68.5 Å². The third kappa shape index (κ3) is 5.75. The van der Waals surface area contributed by atoms with Crippen molar-refractivity contribution in [3.8, 4) is 0 Å². The molecule has 0 atom stereocenters. The Kier molecular flexibility index (Phi) is 6.18. The van der Waals surface area contributed by atoms with E-state index in [-0.39, 0.29) is 5.91 Å². The lowest BCUT2D eigenvalue weighted by atomic mass is 10.2. The Balaban J connectivity index is 1.76. The summed E-state index contributed by atoms with van der Waals surface area (Å²) >= 11 is 0. The van der Waals surface area contributed by atoms with Gasteiger partial charge in [0.1, 0.15) is 0 Å². The van der Waals surface area contributed by atoms with Crippen molar-refractivity contribution in [1.82, 2.24) is 4.90 Å². The second-order valence-corrected chi connectivity index (χ2v) is 5.96. The van der Waals surface area contributed by atoms with Crippen LogP contribution in [0.25, 0.3) is 0 Å². The Hall–Kier alpha value is -2.33. The van der Waals surface area contributed by atoms with Crippen LogP contribution >= 0.6 is 0 Å². The van der Waals surface area contributed by atoms with Crippen LogP contribution in [0.3, 0.4) is 0 Å². The number of hydrogen-bond acceptors (Lipinski definition) is 3. The van der Waals surface area contributed by atoms with Crippen molar-refractivity contribution in [2.24, 2.45) is 0 Å². The van der Waals surface area contributed by atoms with E-state index in [9.17, 15) is 4.79 Å². The van der Waals surface area contributed by atoms with Gasteiger partial charge in [-0.3, -0.25) is 4.79 Å². The molecule has 2 aromatic carbocycles. The largest absolute Gasteiger partial charge is 0.378 e.